The number of halogens is 3. The molecular formula is C14H11BrF2N2O2. The lowest BCUT2D eigenvalue weighted by atomic mass is 10.3. The van der Waals surface area contributed by atoms with Gasteiger partial charge in [-0.2, -0.15) is 0 Å². The van der Waals surface area contributed by atoms with Crippen LogP contribution >= 0.6 is 15.9 Å². The molecule has 0 aliphatic heterocycles. The Kier molecular flexibility index (Phi) is 4.74. The lowest BCUT2D eigenvalue weighted by Crippen LogP contribution is -2.21. The Morgan fingerprint density at radius 2 is 1.95 bits per heavy atom. The summed E-state index contributed by atoms with van der Waals surface area (Å²) in [5.41, 5.74) is 5.77. The molecule has 0 radical (unpaired) electrons. The standard InChI is InChI=1S/C14H11BrF2N2O2/c15-8-5-10(17)12(6-9(8)16)19-14(20)7-21-13-4-2-1-3-11(13)18/h1-6H,7,18H2,(H,19,20). The van der Waals surface area contributed by atoms with Gasteiger partial charge < -0.3 is 15.8 Å². The Bertz CT molecular complexity index is 680. The Balaban J connectivity index is 1.99. The fourth-order valence-electron chi connectivity index (χ4n) is 1.56. The zero-order chi connectivity index (χ0) is 15.4. The molecule has 0 heterocycles. The number of nitrogens with one attached hydrogen (secondary N) is 1. The van der Waals surface area contributed by atoms with E-state index < -0.39 is 17.5 Å². The predicted octanol–water partition coefficient (Wildman–Crippen LogP) is 3.33. The van der Waals surface area contributed by atoms with Crippen LogP contribution in [-0.2, 0) is 4.79 Å². The summed E-state index contributed by atoms with van der Waals surface area (Å²) in [6.07, 6.45) is 0. The van der Waals surface area contributed by atoms with E-state index in [-0.39, 0.29) is 16.8 Å². The molecule has 7 heteroatoms. The van der Waals surface area contributed by atoms with Crippen molar-refractivity contribution in [3.05, 3.63) is 52.5 Å². The average molecular weight is 357 g/mol. The monoisotopic (exact) mass is 356 g/mol. The largest absolute Gasteiger partial charge is 0.482 e. The molecule has 0 aliphatic rings. The van der Waals surface area contributed by atoms with Gasteiger partial charge >= 0.3 is 0 Å². The predicted molar refractivity (Wildman–Crippen MR) is 79.0 cm³/mol. The summed E-state index contributed by atoms with van der Waals surface area (Å²) in [6.45, 7) is -0.370. The number of benzene rings is 2. The maximum atomic E-state index is 13.5. The number of rotatable bonds is 4. The smallest absolute Gasteiger partial charge is 0.262 e. The van der Waals surface area contributed by atoms with Crippen LogP contribution in [0.2, 0.25) is 0 Å². The molecule has 1 amide bonds. The summed E-state index contributed by atoms with van der Waals surface area (Å²) in [5.74, 6) is -1.72. The van der Waals surface area contributed by atoms with Crippen LogP contribution in [0.1, 0.15) is 0 Å². The second kappa shape index (κ2) is 6.53. The number of hydrogen-bond donors (Lipinski definition) is 2. The molecule has 0 atom stereocenters. The number of nitrogens with two attached hydrogens (primary N) is 1. The molecule has 0 saturated heterocycles. The second-order valence-corrected chi connectivity index (χ2v) is 4.98. The van der Waals surface area contributed by atoms with Crippen LogP contribution in [-0.4, -0.2) is 12.5 Å². The first-order chi connectivity index (χ1) is 9.97. The van der Waals surface area contributed by atoms with Crippen LogP contribution in [0.25, 0.3) is 0 Å². The minimum Gasteiger partial charge on any atom is -0.482 e. The lowest BCUT2D eigenvalue weighted by Gasteiger charge is -2.10. The van der Waals surface area contributed by atoms with Gasteiger partial charge in [-0.15, -0.1) is 0 Å². The van der Waals surface area contributed by atoms with Crippen molar-refractivity contribution in [2.75, 3.05) is 17.7 Å². The number of para-hydroxylation sites is 2. The molecule has 2 aromatic carbocycles. The van der Waals surface area contributed by atoms with Gasteiger partial charge in [0.2, 0.25) is 0 Å². The van der Waals surface area contributed by atoms with Crippen molar-refractivity contribution in [2.24, 2.45) is 0 Å². The third-order valence-corrected chi connectivity index (χ3v) is 3.17. The molecular weight excluding hydrogens is 346 g/mol. The summed E-state index contributed by atoms with van der Waals surface area (Å²) in [5, 5.41) is 2.23. The number of ether oxygens (including phenoxy) is 1. The van der Waals surface area contributed by atoms with Crippen LogP contribution in [0, 0.1) is 11.6 Å². The number of carbonyl (C=O) groups excluding carboxylic acids is 1. The van der Waals surface area contributed by atoms with Gasteiger partial charge in [0.1, 0.15) is 17.4 Å². The topological polar surface area (TPSA) is 64.3 Å². The number of carbonyl (C=O) groups is 1. The van der Waals surface area contributed by atoms with Crippen molar-refractivity contribution in [1.29, 1.82) is 0 Å². The van der Waals surface area contributed by atoms with E-state index in [4.69, 9.17) is 10.5 Å². The van der Waals surface area contributed by atoms with E-state index in [2.05, 4.69) is 21.2 Å². The minimum atomic E-state index is -0.754. The van der Waals surface area contributed by atoms with E-state index in [9.17, 15) is 13.6 Å². The van der Waals surface area contributed by atoms with Crippen LogP contribution in [0.3, 0.4) is 0 Å². The average Bonchev–Trinajstić information content (AvgIpc) is 2.44. The molecule has 2 rings (SSSR count). The molecule has 0 bridgehead atoms. The molecule has 3 N–H and O–H groups in total. The van der Waals surface area contributed by atoms with Crippen LogP contribution in [0.15, 0.2) is 40.9 Å². The molecule has 21 heavy (non-hydrogen) atoms. The maximum Gasteiger partial charge on any atom is 0.262 e. The zero-order valence-corrected chi connectivity index (χ0v) is 12.3. The highest BCUT2D eigenvalue weighted by Gasteiger charge is 2.12. The number of amides is 1. The highest BCUT2D eigenvalue weighted by molar-refractivity contribution is 9.10. The Labute approximate surface area is 128 Å². The molecule has 0 saturated carbocycles. The first-order valence-electron chi connectivity index (χ1n) is 5.89. The van der Waals surface area contributed by atoms with Gasteiger partial charge in [-0.3, -0.25) is 4.79 Å². The molecule has 0 spiro atoms. The number of nitrogen functional groups attached to an aromatic ring is 1. The van der Waals surface area contributed by atoms with Gasteiger partial charge in [-0.05, 0) is 34.1 Å². The first-order valence-corrected chi connectivity index (χ1v) is 6.68. The lowest BCUT2D eigenvalue weighted by molar-refractivity contribution is -0.118. The van der Waals surface area contributed by atoms with Gasteiger partial charge in [-0.25, -0.2) is 8.78 Å². The number of anilines is 2. The van der Waals surface area contributed by atoms with E-state index >= 15 is 0 Å². The fraction of sp³-hybridized carbons (Fsp3) is 0.0714. The Morgan fingerprint density at radius 1 is 1.24 bits per heavy atom. The SMILES string of the molecule is Nc1ccccc1OCC(=O)Nc1cc(F)c(Br)cc1F. The van der Waals surface area contributed by atoms with Crippen LogP contribution in [0.4, 0.5) is 20.2 Å². The van der Waals surface area contributed by atoms with Crippen molar-refractivity contribution in [2.45, 2.75) is 0 Å². The fourth-order valence-corrected chi connectivity index (χ4v) is 1.88. The van der Waals surface area contributed by atoms with Gasteiger partial charge in [0, 0.05) is 6.07 Å². The summed E-state index contributed by atoms with van der Waals surface area (Å²) < 4.78 is 32.0. The van der Waals surface area contributed by atoms with Gasteiger partial charge in [-0.1, -0.05) is 12.1 Å². The third-order valence-electron chi connectivity index (χ3n) is 2.56. The van der Waals surface area contributed by atoms with E-state index in [0.29, 0.717) is 11.4 Å². The van der Waals surface area contributed by atoms with Crippen molar-refractivity contribution in [3.8, 4) is 5.75 Å². The zero-order valence-electron chi connectivity index (χ0n) is 10.7. The first kappa shape index (κ1) is 15.2. The van der Waals surface area contributed by atoms with Gasteiger partial charge in [0.25, 0.3) is 5.91 Å². The third kappa shape index (κ3) is 3.91. The maximum absolute atomic E-state index is 13.5. The molecule has 110 valence electrons. The van der Waals surface area contributed by atoms with E-state index in [1.165, 1.54) is 0 Å². The molecule has 0 unspecified atom stereocenters. The Hall–Kier alpha value is -2.15. The molecule has 0 aromatic heterocycles. The minimum absolute atomic E-state index is 0.0219. The van der Waals surface area contributed by atoms with E-state index in [0.717, 1.165) is 12.1 Å². The highest BCUT2D eigenvalue weighted by Crippen LogP contribution is 2.23. The molecule has 0 aliphatic carbocycles. The molecule has 0 fully saturated rings. The summed E-state index contributed by atoms with van der Waals surface area (Å²) in [7, 11) is 0. The second-order valence-electron chi connectivity index (χ2n) is 4.12. The normalized spacial score (nSPS) is 10.2. The Morgan fingerprint density at radius 3 is 2.67 bits per heavy atom. The van der Waals surface area contributed by atoms with Crippen molar-refractivity contribution in [1.82, 2.24) is 0 Å². The summed E-state index contributed by atoms with van der Waals surface area (Å²) in [6, 6.07) is 8.46. The summed E-state index contributed by atoms with van der Waals surface area (Å²) >= 11 is 2.85. The summed E-state index contributed by atoms with van der Waals surface area (Å²) in [4.78, 5) is 11.7. The molecule has 4 nitrogen and oxygen atoms in total. The van der Waals surface area contributed by atoms with Crippen molar-refractivity contribution >= 4 is 33.2 Å². The van der Waals surface area contributed by atoms with Crippen molar-refractivity contribution in [3.63, 3.8) is 0 Å². The van der Waals surface area contributed by atoms with Crippen molar-refractivity contribution < 1.29 is 18.3 Å². The van der Waals surface area contributed by atoms with Gasteiger partial charge in [0.05, 0.1) is 15.8 Å². The number of hydrogen-bond acceptors (Lipinski definition) is 3. The van der Waals surface area contributed by atoms with E-state index in [1.54, 1.807) is 24.3 Å². The van der Waals surface area contributed by atoms with Crippen LogP contribution < -0.4 is 15.8 Å². The quantitative estimate of drug-likeness (QED) is 0.652. The van der Waals surface area contributed by atoms with Gasteiger partial charge in [0.15, 0.2) is 6.61 Å². The molecule has 2 aromatic rings. The van der Waals surface area contributed by atoms with E-state index in [1.807, 2.05) is 0 Å². The van der Waals surface area contributed by atoms with Crippen LogP contribution in [0.5, 0.6) is 5.75 Å². The highest BCUT2D eigenvalue weighted by atomic mass is 79.9.